The van der Waals surface area contributed by atoms with Crippen LogP contribution in [0.15, 0.2) is 48.8 Å². The number of halogens is 1. The summed E-state index contributed by atoms with van der Waals surface area (Å²) < 4.78 is 0. The largest absolute Gasteiger partial charge is 0.360 e. The van der Waals surface area contributed by atoms with Gasteiger partial charge >= 0.3 is 0 Å². The SMILES string of the molecule is O=C(Nc1ncccc1Cl)c1c[nH]c2ccccc12. The number of nitrogens with zero attached hydrogens (tertiary/aromatic N) is 1. The summed E-state index contributed by atoms with van der Waals surface area (Å²) in [6.07, 6.45) is 3.26. The van der Waals surface area contributed by atoms with Crippen LogP contribution in [0.5, 0.6) is 0 Å². The van der Waals surface area contributed by atoms with Crippen LogP contribution < -0.4 is 5.32 Å². The van der Waals surface area contributed by atoms with Crippen molar-refractivity contribution in [3.8, 4) is 0 Å². The zero-order chi connectivity index (χ0) is 13.2. The van der Waals surface area contributed by atoms with Crippen LogP contribution in [0, 0.1) is 0 Å². The number of benzene rings is 1. The van der Waals surface area contributed by atoms with E-state index in [0.29, 0.717) is 16.4 Å². The molecule has 0 saturated carbocycles. The highest BCUT2D eigenvalue weighted by molar-refractivity contribution is 6.33. The van der Waals surface area contributed by atoms with Gasteiger partial charge in [0.05, 0.1) is 10.6 Å². The molecule has 0 radical (unpaired) electrons. The molecule has 0 aliphatic rings. The van der Waals surface area contributed by atoms with Gasteiger partial charge in [0.15, 0.2) is 5.82 Å². The molecule has 3 aromatic rings. The highest BCUT2D eigenvalue weighted by Crippen LogP contribution is 2.21. The molecule has 2 heterocycles. The van der Waals surface area contributed by atoms with Crippen LogP contribution in [0.1, 0.15) is 10.4 Å². The standard InChI is InChI=1S/C14H10ClN3O/c15-11-5-3-7-16-13(11)18-14(19)10-8-17-12-6-2-1-4-9(10)12/h1-8,17H,(H,16,18,19). The Kier molecular flexibility index (Phi) is 2.93. The maximum atomic E-state index is 12.2. The summed E-state index contributed by atoms with van der Waals surface area (Å²) in [5.74, 6) is 0.123. The minimum absolute atomic E-state index is 0.238. The van der Waals surface area contributed by atoms with E-state index in [0.717, 1.165) is 10.9 Å². The second-order valence-electron chi connectivity index (χ2n) is 4.04. The summed E-state index contributed by atoms with van der Waals surface area (Å²) >= 11 is 5.96. The predicted octanol–water partition coefficient (Wildman–Crippen LogP) is 3.47. The van der Waals surface area contributed by atoms with E-state index in [2.05, 4.69) is 15.3 Å². The van der Waals surface area contributed by atoms with Gasteiger partial charge in [-0.05, 0) is 18.2 Å². The van der Waals surface area contributed by atoms with Crippen molar-refractivity contribution in [1.29, 1.82) is 0 Å². The number of H-pyrrole nitrogens is 1. The van der Waals surface area contributed by atoms with Gasteiger partial charge in [-0.15, -0.1) is 0 Å². The lowest BCUT2D eigenvalue weighted by Gasteiger charge is -2.04. The lowest BCUT2D eigenvalue weighted by atomic mass is 10.1. The molecule has 0 saturated heterocycles. The summed E-state index contributed by atoms with van der Waals surface area (Å²) in [6, 6.07) is 11.0. The van der Waals surface area contributed by atoms with Crippen molar-refractivity contribution in [3.63, 3.8) is 0 Å². The van der Waals surface area contributed by atoms with Crippen LogP contribution in [0.2, 0.25) is 5.02 Å². The number of hydrogen-bond donors (Lipinski definition) is 2. The minimum Gasteiger partial charge on any atom is -0.360 e. The molecular formula is C14H10ClN3O. The molecule has 94 valence electrons. The Morgan fingerprint density at radius 1 is 1.21 bits per heavy atom. The molecule has 0 aliphatic heterocycles. The topological polar surface area (TPSA) is 57.8 Å². The molecule has 0 spiro atoms. The van der Waals surface area contributed by atoms with Gasteiger partial charge in [-0.1, -0.05) is 29.8 Å². The van der Waals surface area contributed by atoms with Gasteiger partial charge in [0.2, 0.25) is 0 Å². The van der Waals surface area contributed by atoms with Crippen molar-refractivity contribution >= 4 is 34.2 Å². The average Bonchev–Trinajstić information content (AvgIpc) is 2.85. The molecule has 1 amide bonds. The molecule has 0 aliphatic carbocycles. The number of pyridine rings is 1. The number of carbonyl (C=O) groups is 1. The van der Waals surface area contributed by atoms with E-state index >= 15 is 0 Å². The Morgan fingerprint density at radius 2 is 2.05 bits per heavy atom. The van der Waals surface area contributed by atoms with Crippen LogP contribution in [0.25, 0.3) is 10.9 Å². The Bertz CT molecular complexity index is 751. The summed E-state index contributed by atoms with van der Waals surface area (Å²) in [5, 5.41) is 3.98. The van der Waals surface area contributed by atoms with Crippen LogP contribution in [-0.4, -0.2) is 15.9 Å². The third-order valence-electron chi connectivity index (χ3n) is 2.82. The van der Waals surface area contributed by atoms with Crippen LogP contribution in [0.3, 0.4) is 0 Å². The summed E-state index contributed by atoms with van der Waals surface area (Å²) in [6.45, 7) is 0. The molecule has 0 bridgehead atoms. The summed E-state index contributed by atoms with van der Waals surface area (Å²) in [4.78, 5) is 19.3. The Morgan fingerprint density at radius 3 is 2.89 bits per heavy atom. The van der Waals surface area contributed by atoms with E-state index in [9.17, 15) is 4.79 Å². The molecule has 5 heteroatoms. The number of nitrogens with one attached hydrogen (secondary N) is 2. The number of amides is 1. The molecule has 0 atom stereocenters. The number of aromatic amines is 1. The quantitative estimate of drug-likeness (QED) is 0.750. The first-order valence-corrected chi connectivity index (χ1v) is 6.11. The van der Waals surface area contributed by atoms with Gasteiger partial charge in [0, 0.05) is 23.3 Å². The Balaban J connectivity index is 1.95. The molecule has 4 nitrogen and oxygen atoms in total. The number of hydrogen-bond acceptors (Lipinski definition) is 2. The average molecular weight is 272 g/mol. The number of para-hydroxylation sites is 1. The zero-order valence-corrected chi connectivity index (χ0v) is 10.6. The van der Waals surface area contributed by atoms with Gasteiger partial charge in [0.25, 0.3) is 5.91 Å². The first-order valence-electron chi connectivity index (χ1n) is 5.73. The van der Waals surface area contributed by atoms with E-state index in [-0.39, 0.29) is 5.91 Å². The van der Waals surface area contributed by atoms with E-state index in [1.807, 2.05) is 24.3 Å². The lowest BCUT2D eigenvalue weighted by molar-refractivity contribution is 0.102. The highest BCUT2D eigenvalue weighted by Gasteiger charge is 2.13. The number of fused-ring (bicyclic) bond motifs is 1. The second-order valence-corrected chi connectivity index (χ2v) is 4.44. The fourth-order valence-electron chi connectivity index (χ4n) is 1.91. The van der Waals surface area contributed by atoms with E-state index in [1.165, 1.54) is 0 Å². The fourth-order valence-corrected chi connectivity index (χ4v) is 2.08. The summed E-state index contributed by atoms with van der Waals surface area (Å²) in [5.41, 5.74) is 1.48. The maximum Gasteiger partial charge on any atom is 0.259 e. The van der Waals surface area contributed by atoms with Crippen molar-refractivity contribution in [1.82, 2.24) is 9.97 Å². The van der Waals surface area contributed by atoms with Gasteiger partial charge in [-0.25, -0.2) is 4.98 Å². The molecule has 19 heavy (non-hydrogen) atoms. The molecule has 2 N–H and O–H groups in total. The third kappa shape index (κ3) is 2.18. The number of anilines is 1. The van der Waals surface area contributed by atoms with Crippen molar-refractivity contribution in [3.05, 3.63) is 59.4 Å². The molecule has 1 aromatic carbocycles. The normalized spacial score (nSPS) is 10.6. The van der Waals surface area contributed by atoms with Gasteiger partial charge in [-0.3, -0.25) is 4.79 Å². The van der Waals surface area contributed by atoms with E-state index < -0.39 is 0 Å². The van der Waals surface area contributed by atoms with Crippen molar-refractivity contribution < 1.29 is 4.79 Å². The monoisotopic (exact) mass is 271 g/mol. The van der Waals surface area contributed by atoms with Crippen LogP contribution >= 0.6 is 11.6 Å². The van der Waals surface area contributed by atoms with Crippen molar-refractivity contribution in [2.45, 2.75) is 0 Å². The van der Waals surface area contributed by atoms with E-state index in [1.54, 1.807) is 24.5 Å². The molecule has 0 unspecified atom stereocenters. The molecule has 2 aromatic heterocycles. The van der Waals surface area contributed by atoms with Crippen LogP contribution in [-0.2, 0) is 0 Å². The van der Waals surface area contributed by atoms with Crippen LogP contribution in [0.4, 0.5) is 5.82 Å². The first-order chi connectivity index (χ1) is 9.25. The second kappa shape index (κ2) is 4.74. The molecule has 3 rings (SSSR count). The zero-order valence-electron chi connectivity index (χ0n) is 9.85. The van der Waals surface area contributed by atoms with Gasteiger partial charge in [-0.2, -0.15) is 0 Å². The number of carbonyl (C=O) groups excluding carboxylic acids is 1. The number of rotatable bonds is 2. The van der Waals surface area contributed by atoms with E-state index in [4.69, 9.17) is 11.6 Å². The fraction of sp³-hybridized carbons (Fsp3) is 0. The highest BCUT2D eigenvalue weighted by atomic mass is 35.5. The Hall–Kier alpha value is -2.33. The molecular weight excluding hydrogens is 262 g/mol. The van der Waals surface area contributed by atoms with Crippen molar-refractivity contribution in [2.75, 3.05) is 5.32 Å². The van der Waals surface area contributed by atoms with Gasteiger partial charge in [0.1, 0.15) is 0 Å². The maximum absolute atomic E-state index is 12.2. The predicted molar refractivity (Wildman–Crippen MR) is 75.5 cm³/mol. The minimum atomic E-state index is -0.238. The molecule has 0 fully saturated rings. The smallest absolute Gasteiger partial charge is 0.259 e. The first kappa shape index (κ1) is 11.7. The lowest BCUT2D eigenvalue weighted by Crippen LogP contribution is -2.12. The number of aromatic nitrogens is 2. The third-order valence-corrected chi connectivity index (χ3v) is 3.13. The van der Waals surface area contributed by atoms with Crippen molar-refractivity contribution in [2.24, 2.45) is 0 Å². The van der Waals surface area contributed by atoms with Gasteiger partial charge < -0.3 is 10.3 Å². The summed E-state index contributed by atoms with van der Waals surface area (Å²) in [7, 11) is 0. The Labute approximate surface area is 114 Å².